The van der Waals surface area contributed by atoms with E-state index in [0.717, 1.165) is 46.0 Å². The van der Waals surface area contributed by atoms with Crippen molar-refractivity contribution in [2.45, 2.75) is 78.1 Å². The Bertz CT molecular complexity index is 1490. The van der Waals surface area contributed by atoms with Crippen molar-refractivity contribution in [1.82, 2.24) is 4.98 Å². The number of halogens is 2. The number of fused-ring (bicyclic) bond motifs is 6. The molecule has 0 fully saturated rings. The summed E-state index contributed by atoms with van der Waals surface area (Å²) in [6.45, 7) is 14.0. The van der Waals surface area contributed by atoms with Crippen LogP contribution in [0.4, 0.5) is 0 Å². The van der Waals surface area contributed by atoms with Gasteiger partial charge in [0.15, 0.2) is 0 Å². The SMILES string of the molecule is CC(C)(C)c1cc(-c2c3c(nc4c2CCc2ccc(Br)cc2-4)-c2cc(Br)ccc2CC3)cc(C(C)(C)C)c1. The van der Waals surface area contributed by atoms with Gasteiger partial charge in [-0.25, -0.2) is 4.98 Å². The first-order chi connectivity index (χ1) is 17.9. The Morgan fingerprint density at radius 1 is 0.579 bits per heavy atom. The van der Waals surface area contributed by atoms with Crippen molar-refractivity contribution >= 4 is 31.9 Å². The zero-order valence-corrected chi connectivity index (χ0v) is 26.4. The van der Waals surface area contributed by atoms with Crippen molar-refractivity contribution in [2.75, 3.05) is 0 Å². The predicted octanol–water partition coefficient (Wildman–Crippen LogP) is 10.4. The van der Waals surface area contributed by atoms with E-state index in [0.29, 0.717) is 0 Å². The number of hydrogen-bond acceptors (Lipinski definition) is 1. The Balaban J connectivity index is 1.73. The lowest BCUT2D eigenvalue weighted by Crippen LogP contribution is -2.18. The third kappa shape index (κ3) is 4.50. The summed E-state index contributed by atoms with van der Waals surface area (Å²) in [5.74, 6) is 0. The summed E-state index contributed by atoms with van der Waals surface area (Å²) in [4.78, 5) is 5.51. The maximum absolute atomic E-state index is 5.51. The lowest BCUT2D eigenvalue weighted by Gasteiger charge is -2.31. The number of aryl methyl sites for hydroxylation is 2. The van der Waals surface area contributed by atoms with E-state index in [-0.39, 0.29) is 10.8 Å². The van der Waals surface area contributed by atoms with E-state index < -0.39 is 0 Å². The van der Waals surface area contributed by atoms with Crippen LogP contribution in [0.15, 0.2) is 63.5 Å². The van der Waals surface area contributed by atoms with Gasteiger partial charge in [0.05, 0.1) is 11.4 Å². The van der Waals surface area contributed by atoms with Crippen molar-refractivity contribution in [1.29, 1.82) is 0 Å². The number of benzene rings is 3. The van der Waals surface area contributed by atoms with Crippen LogP contribution < -0.4 is 0 Å². The fourth-order valence-electron chi connectivity index (χ4n) is 6.08. The molecule has 0 N–H and O–H groups in total. The Morgan fingerprint density at radius 3 is 1.45 bits per heavy atom. The summed E-state index contributed by atoms with van der Waals surface area (Å²) < 4.78 is 2.22. The average Bonchev–Trinajstić information content (AvgIpc) is 2.86. The van der Waals surface area contributed by atoms with Crippen LogP contribution in [-0.2, 0) is 36.5 Å². The van der Waals surface area contributed by atoms with E-state index >= 15 is 0 Å². The first-order valence-corrected chi connectivity index (χ1v) is 15.3. The Labute approximate surface area is 244 Å². The van der Waals surface area contributed by atoms with Crippen LogP contribution in [0.2, 0.25) is 0 Å². The van der Waals surface area contributed by atoms with Gasteiger partial charge < -0.3 is 0 Å². The highest BCUT2D eigenvalue weighted by atomic mass is 79.9. The first kappa shape index (κ1) is 26.0. The fraction of sp³-hybridized carbons (Fsp3) is 0.343. The Kier molecular flexibility index (Phi) is 6.28. The zero-order chi connectivity index (χ0) is 27.0. The summed E-state index contributed by atoms with van der Waals surface area (Å²) in [5.41, 5.74) is 16.2. The molecule has 38 heavy (non-hydrogen) atoms. The second-order valence-electron chi connectivity index (χ2n) is 13.0. The van der Waals surface area contributed by atoms with Gasteiger partial charge in [-0.3, -0.25) is 0 Å². The molecule has 0 aliphatic heterocycles. The lowest BCUT2D eigenvalue weighted by atomic mass is 9.75. The van der Waals surface area contributed by atoms with Gasteiger partial charge in [-0.1, -0.05) is 104 Å². The van der Waals surface area contributed by atoms with E-state index in [1.54, 1.807) is 0 Å². The minimum atomic E-state index is 0.0676. The van der Waals surface area contributed by atoms with Gasteiger partial charge in [-0.05, 0) is 105 Å². The number of hydrogen-bond donors (Lipinski definition) is 0. The van der Waals surface area contributed by atoms with Crippen LogP contribution in [0.25, 0.3) is 33.6 Å². The maximum atomic E-state index is 5.51. The molecule has 0 unspecified atom stereocenters. The highest BCUT2D eigenvalue weighted by Gasteiger charge is 2.30. The van der Waals surface area contributed by atoms with E-state index in [4.69, 9.17) is 4.98 Å². The van der Waals surface area contributed by atoms with Gasteiger partial charge >= 0.3 is 0 Å². The molecular weight excluding hydrogens is 594 g/mol. The number of rotatable bonds is 1. The molecule has 0 saturated carbocycles. The monoisotopic (exact) mass is 627 g/mol. The number of nitrogens with zero attached hydrogens (tertiary/aromatic N) is 1. The summed E-state index contributed by atoms with van der Waals surface area (Å²) in [6.07, 6.45) is 4.15. The van der Waals surface area contributed by atoms with Crippen molar-refractivity contribution in [2.24, 2.45) is 0 Å². The molecule has 2 aliphatic carbocycles. The van der Waals surface area contributed by atoms with E-state index in [1.165, 1.54) is 55.6 Å². The molecule has 3 aromatic carbocycles. The molecule has 0 bridgehead atoms. The van der Waals surface area contributed by atoms with Crippen molar-refractivity contribution in [3.63, 3.8) is 0 Å². The molecule has 0 radical (unpaired) electrons. The topological polar surface area (TPSA) is 12.9 Å². The Hall–Kier alpha value is -2.23. The third-order valence-electron chi connectivity index (χ3n) is 8.30. The van der Waals surface area contributed by atoms with Crippen LogP contribution >= 0.6 is 31.9 Å². The van der Waals surface area contributed by atoms with Crippen LogP contribution in [0.3, 0.4) is 0 Å². The third-order valence-corrected chi connectivity index (χ3v) is 9.28. The largest absolute Gasteiger partial charge is 0.247 e. The minimum Gasteiger partial charge on any atom is -0.247 e. The van der Waals surface area contributed by atoms with Crippen molar-refractivity contribution in [3.8, 4) is 33.6 Å². The van der Waals surface area contributed by atoms with Crippen LogP contribution in [0.5, 0.6) is 0 Å². The lowest BCUT2D eigenvalue weighted by molar-refractivity contribution is 0.569. The molecule has 3 heteroatoms. The second-order valence-corrected chi connectivity index (χ2v) is 14.9. The molecule has 2 aliphatic rings. The summed E-state index contributed by atoms with van der Waals surface area (Å²) in [7, 11) is 0. The van der Waals surface area contributed by atoms with Crippen molar-refractivity contribution < 1.29 is 0 Å². The maximum Gasteiger partial charge on any atom is 0.0751 e. The summed E-state index contributed by atoms with van der Waals surface area (Å²) >= 11 is 7.49. The standard InChI is InChI=1S/C35H35Br2N/c1-34(2,3)23-15-22(16-24(17-23)35(4,5)6)31-27-13-9-20-7-11-25(36)18-29(20)32(27)38-33-28(31)14-10-21-8-12-26(37)19-30(21)33/h7-8,11-12,15-19H,9-10,13-14H2,1-6H3. The fourth-order valence-corrected chi connectivity index (χ4v) is 6.80. The van der Waals surface area contributed by atoms with E-state index in [2.05, 4.69) is 128 Å². The number of aromatic nitrogens is 1. The molecule has 6 rings (SSSR count). The average molecular weight is 629 g/mol. The van der Waals surface area contributed by atoms with Gasteiger partial charge in [0.1, 0.15) is 0 Å². The van der Waals surface area contributed by atoms with Gasteiger partial charge in [-0.2, -0.15) is 0 Å². The van der Waals surface area contributed by atoms with Crippen molar-refractivity contribution in [3.05, 3.63) is 96.9 Å². The second kappa shape index (κ2) is 9.17. The highest BCUT2D eigenvalue weighted by molar-refractivity contribution is 9.10. The van der Waals surface area contributed by atoms with Crippen LogP contribution in [-0.4, -0.2) is 4.98 Å². The number of pyridine rings is 1. The molecule has 1 aromatic heterocycles. The minimum absolute atomic E-state index is 0.0676. The molecule has 0 saturated heterocycles. The molecule has 0 spiro atoms. The van der Waals surface area contributed by atoms with Gasteiger partial charge in [0.2, 0.25) is 0 Å². The quantitative estimate of drug-likeness (QED) is 0.204. The molecule has 1 nitrogen and oxygen atoms in total. The summed E-state index contributed by atoms with van der Waals surface area (Å²) in [5, 5.41) is 0. The molecule has 194 valence electrons. The predicted molar refractivity (Wildman–Crippen MR) is 168 cm³/mol. The molecule has 0 amide bonds. The first-order valence-electron chi connectivity index (χ1n) is 13.7. The van der Waals surface area contributed by atoms with Gasteiger partial charge in [0.25, 0.3) is 0 Å². The highest BCUT2D eigenvalue weighted by Crippen LogP contribution is 2.47. The Morgan fingerprint density at radius 2 is 1.03 bits per heavy atom. The zero-order valence-electron chi connectivity index (χ0n) is 23.2. The molecule has 0 atom stereocenters. The van der Waals surface area contributed by atoms with Crippen LogP contribution in [0.1, 0.15) is 74.9 Å². The smallest absolute Gasteiger partial charge is 0.0751 e. The molecule has 1 heterocycles. The van der Waals surface area contributed by atoms with Gasteiger partial charge in [0, 0.05) is 20.1 Å². The molecular formula is C35H35Br2N. The normalized spacial score (nSPS) is 14.4. The molecule has 4 aromatic rings. The van der Waals surface area contributed by atoms with Crippen LogP contribution in [0, 0.1) is 0 Å². The van der Waals surface area contributed by atoms with E-state index in [1.807, 2.05) is 0 Å². The van der Waals surface area contributed by atoms with E-state index in [9.17, 15) is 0 Å². The summed E-state index contributed by atoms with van der Waals surface area (Å²) in [6, 6.07) is 20.8. The van der Waals surface area contributed by atoms with Gasteiger partial charge in [-0.15, -0.1) is 0 Å².